The summed E-state index contributed by atoms with van der Waals surface area (Å²) in [5.74, 6) is -0.880. The van der Waals surface area contributed by atoms with E-state index in [0.29, 0.717) is 5.69 Å². The van der Waals surface area contributed by atoms with E-state index in [1.165, 1.54) is 17.8 Å². The second-order valence-electron chi connectivity index (χ2n) is 6.08. The van der Waals surface area contributed by atoms with Crippen LogP contribution in [0.25, 0.3) is 10.2 Å². The van der Waals surface area contributed by atoms with Crippen molar-refractivity contribution in [3.05, 3.63) is 53.3 Å². The first-order chi connectivity index (χ1) is 13.6. The number of para-hydroxylation sites is 1. The van der Waals surface area contributed by atoms with Crippen LogP contribution in [-0.4, -0.2) is 44.9 Å². The Morgan fingerprint density at radius 2 is 2.07 bits per heavy atom. The van der Waals surface area contributed by atoms with Gasteiger partial charge in [-0.15, -0.1) is 11.3 Å². The number of imide groups is 1. The summed E-state index contributed by atoms with van der Waals surface area (Å²) in [5.41, 5.74) is 2.00. The molecule has 0 aliphatic carbocycles. The van der Waals surface area contributed by atoms with Crippen LogP contribution in [0.4, 0.5) is 5.69 Å². The molecule has 0 unspecified atom stereocenters. The van der Waals surface area contributed by atoms with E-state index >= 15 is 0 Å². The van der Waals surface area contributed by atoms with Crippen LogP contribution in [0.2, 0.25) is 0 Å². The number of aromatic nitrogens is 2. The van der Waals surface area contributed by atoms with Gasteiger partial charge in [-0.05, 0) is 30.0 Å². The molecule has 0 bridgehead atoms. The first kappa shape index (κ1) is 18.6. The summed E-state index contributed by atoms with van der Waals surface area (Å²) in [6, 6.07) is 7.52. The minimum absolute atomic E-state index is 0.0217. The number of hydrogen-bond acceptors (Lipinski definition) is 8. The number of aliphatic hydroxyl groups excluding tert-OH is 1. The fourth-order valence-corrected chi connectivity index (χ4v) is 4.88. The number of nitrogens with zero attached hydrogens (tertiary/aromatic N) is 3. The standard InChI is InChI=1S/C19H16N4O3S2/c1-11-9-27-17-16(11)18(21-10-20-17)28-14-5-3-2-4-12(14)22-13-8-15(25)23(6-7-24)19(13)26/h2-5,8-10,22,24H,6-7H2,1H3. The average molecular weight is 412 g/mol. The first-order valence-electron chi connectivity index (χ1n) is 8.49. The Kier molecular flexibility index (Phi) is 5.12. The Bertz CT molecular complexity index is 1110. The number of nitrogens with one attached hydrogen (secondary N) is 1. The Labute approximate surface area is 169 Å². The lowest BCUT2D eigenvalue weighted by molar-refractivity contribution is -0.137. The molecule has 28 heavy (non-hydrogen) atoms. The van der Waals surface area contributed by atoms with Crippen molar-refractivity contribution in [1.82, 2.24) is 14.9 Å². The zero-order valence-electron chi connectivity index (χ0n) is 14.9. The third kappa shape index (κ3) is 3.39. The van der Waals surface area contributed by atoms with Crippen molar-refractivity contribution in [1.29, 1.82) is 0 Å². The smallest absolute Gasteiger partial charge is 0.277 e. The molecule has 0 radical (unpaired) electrons. The molecule has 142 valence electrons. The van der Waals surface area contributed by atoms with Crippen LogP contribution in [0.1, 0.15) is 5.56 Å². The molecule has 1 aliphatic heterocycles. The SMILES string of the molecule is Cc1csc2ncnc(Sc3ccccc3NC3=CC(=O)N(CCO)C3=O)c12. The molecular weight excluding hydrogens is 396 g/mol. The summed E-state index contributed by atoms with van der Waals surface area (Å²) < 4.78 is 0. The van der Waals surface area contributed by atoms with Crippen LogP contribution in [0.5, 0.6) is 0 Å². The van der Waals surface area contributed by atoms with Gasteiger partial charge in [0.2, 0.25) is 0 Å². The highest BCUT2D eigenvalue weighted by Gasteiger charge is 2.31. The highest BCUT2D eigenvalue weighted by molar-refractivity contribution is 7.99. The second kappa shape index (κ2) is 7.70. The van der Waals surface area contributed by atoms with E-state index in [2.05, 4.69) is 20.7 Å². The molecular formula is C19H16N4O3S2. The topological polar surface area (TPSA) is 95.4 Å². The fraction of sp³-hybridized carbons (Fsp3) is 0.158. The molecule has 0 saturated heterocycles. The maximum atomic E-state index is 12.4. The molecule has 3 aromatic rings. The number of aryl methyl sites for hydroxylation is 1. The lowest BCUT2D eigenvalue weighted by Gasteiger charge is -2.15. The minimum atomic E-state index is -0.447. The van der Waals surface area contributed by atoms with Crippen molar-refractivity contribution >= 4 is 50.8 Å². The molecule has 4 rings (SSSR count). The number of hydrogen-bond donors (Lipinski definition) is 2. The Morgan fingerprint density at radius 3 is 2.89 bits per heavy atom. The van der Waals surface area contributed by atoms with E-state index in [-0.39, 0.29) is 18.8 Å². The third-order valence-corrected chi connectivity index (χ3v) is 6.30. The number of fused-ring (bicyclic) bond motifs is 1. The molecule has 2 N–H and O–H groups in total. The van der Waals surface area contributed by atoms with Crippen molar-refractivity contribution in [2.24, 2.45) is 0 Å². The molecule has 1 aliphatic rings. The quantitative estimate of drug-likeness (QED) is 0.475. The molecule has 0 atom stereocenters. The number of aliphatic hydroxyl groups is 1. The third-order valence-electron chi connectivity index (χ3n) is 4.22. The van der Waals surface area contributed by atoms with Gasteiger partial charge in [-0.3, -0.25) is 14.5 Å². The number of thiophene rings is 1. The molecule has 2 aromatic heterocycles. The van der Waals surface area contributed by atoms with Gasteiger partial charge in [0, 0.05) is 16.4 Å². The van der Waals surface area contributed by atoms with Gasteiger partial charge >= 0.3 is 0 Å². The van der Waals surface area contributed by atoms with Crippen LogP contribution in [-0.2, 0) is 9.59 Å². The summed E-state index contributed by atoms with van der Waals surface area (Å²) in [4.78, 5) is 35.9. The summed E-state index contributed by atoms with van der Waals surface area (Å²) in [5, 5.41) is 16.0. The molecule has 3 heterocycles. The number of carbonyl (C=O) groups excluding carboxylic acids is 2. The molecule has 0 spiro atoms. The normalized spacial score (nSPS) is 14.1. The Balaban J connectivity index is 1.63. The number of carbonyl (C=O) groups is 2. The van der Waals surface area contributed by atoms with Crippen LogP contribution in [0, 0.1) is 6.92 Å². The second-order valence-corrected chi connectivity index (χ2v) is 7.97. The number of rotatable bonds is 6. The maximum Gasteiger partial charge on any atom is 0.277 e. The van der Waals surface area contributed by atoms with E-state index < -0.39 is 11.8 Å². The molecule has 2 amide bonds. The predicted octanol–water partition coefficient (Wildman–Crippen LogP) is 2.81. The van der Waals surface area contributed by atoms with E-state index in [9.17, 15) is 9.59 Å². The molecule has 0 saturated carbocycles. The summed E-state index contributed by atoms with van der Waals surface area (Å²) in [6.45, 7) is 1.74. The van der Waals surface area contributed by atoms with Gasteiger partial charge in [-0.2, -0.15) is 0 Å². The first-order valence-corrected chi connectivity index (χ1v) is 10.2. The Morgan fingerprint density at radius 1 is 1.25 bits per heavy atom. The van der Waals surface area contributed by atoms with Crippen LogP contribution < -0.4 is 5.32 Å². The number of anilines is 1. The lowest BCUT2D eigenvalue weighted by atomic mass is 10.3. The summed E-state index contributed by atoms with van der Waals surface area (Å²) in [6.07, 6.45) is 2.80. The summed E-state index contributed by atoms with van der Waals surface area (Å²) >= 11 is 3.05. The van der Waals surface area contributed by atoms with Crippen molar-refractivity contribution in [3.8, 4) is 0 Å². The van der Waals surface area contributed by atoms with Crippen molar-refractivity contribution in [3.63, 3.8) is 0 Å². The largest absolute Gasteiger partial charge is 0.395 e. The number of benzene rings is 1. The van der Waals surface area contributed by atoms with Gasteiger partial charge in [0.15, 0.2) is 0 Å². The molecule has 9 heteroatoms. The van der Waals surface area contributed by atoms with Crippen LogP contribution in [0.3, 0.4) is 0 Å². The Hall–Kier alpha value is -2.75. The number of β-amino-alcohol motifs (C(OH)–C–C–N with tert-alkyl or cyclic N) is 1. The molecule has 1 aromatic carbocycles. The van der Waals surface area contributed by atoms with Gasteiger partial charge in [0.05, 0.1) is 18.8 Å². The van der Waals surface area contributed by atoms with Gasteiger partial charge in [-0.1, -0.05) is 23.9 Å². The monoisotopic (exact) mass is 412 g/mol. The van der Waals surface area contributed by atoms with E-state index in [0.717, 1.165) is 30.6 Å². The van der Waals surface area contributed by atoms with Crippen molar-refractivity contribution < 1.29 is 14.7 Å². The van der Waals surface area contributed by atoms with Gasteiger partial charge in [0.25, 0.3) is 11.8 Å². The zero-order chi connectivity index (χ0) is 19.7. The van der Waals surface area contributed by atoms with Crippen molar-refractivity contribution in [2.75, 3.05) is 18.5 Å². The van der Waals surface area contributed by atoms with Gasteiger partial charge < -0.3 is 10.4 Å². The van der Waals surface area contributed by atoms with E-state index in [1.54, 1.807) is 17.7 Å². The van der Waals surface area contributed by atoms with Crippen LogP contribution in [0.15, 0.2) is 57.7 Å². The maximum absolute atomic E-state index is 12.4. The lowest BCUT2D eigenvalue weighted by Crippen LogP contribution is -2.34. The van der Waals surface area contributed by atoms with E-state index in [4.69, 9.17) is 5.11 Å². The minimum Gasteiger partial charge on any atom is -0.395 e. The summed E-state index contributed by atoms with van der Waals surface area (Å²) in [7, 11) is 0. The zero-order valence-corrected chi connectivity index (χ0v) is 16.5. The number of amides is 2. The highest BCUT2D eigenvalue weighted by atomic mass is 32.2. The predicted molar refractivity (Wildman–Crippen MR) is 108 cm³/mol. The van der Waals surface area contributed by atoms with Crippen molar-refractivity contribution in [2.45, 2.75) is 16.8 Å². The molecule has 7 nitrogen and oxygen atoms in total. The van der Waals surface area contributed by atoms with Crippen LogP contribution >= 0.6 is 23.1 Å². The van der Waals surface area contributed by atoms with E-state index in [1.807, 2.05) is 31.2 Å². The van der Waals surface area contributed by atoms with Gasteiger partial charge in [-0.25, -0.2) is 9.97 Å². The van der Waals surface area contributed by atoms with Gasteiger partial charge in [0.1, 0.15) is 21.9 Å². The molecule has 0 fully saturated rings. The fourth-order valence-electron chi connectivity index (χ4n) is 2.88. The average Bonchev–Trinajstić information content (AvgIpc) is 3.19. The highest BCUT2D eigenvalue weighted by Crippen LogP contribution is 2.38.